The average Bonchev–Trinajstić information content (AvgIpc) is 3.22. The van der Waals surface area contributed by atoms with Gasteiger partial charge >= 0.3 is 37.1 Å². The fourth-order valence-corrected chi connectivity index (χ4v) is 10.3. The van der Waals surface area contributed by atoms with Crippen LogP contribution in [0.1, 0.15) is 19.4 Å². The SMILES string of the molecule is CC.COc1cc(COc2cc(S(=O)(=O)OC(C(F)(F)F)C(F)(F)F)c3ccc4c(S(=O)(=O)OC(C(F)(F)F)C(F)(F)F)cc(S(=O)(=O)OC(C(F)(F)F)C(F)(F)F)c5ccc2c3c54)c([N+](=O)[O-])cc1OC. The maximum atomic E-state index is 13.7. The van der Waals surface area contributed by atoms with Crippen LogP contribution in [0.25, 0.3) is 32.3 Å². The van der Waals surface area contributed by atoms with Crippen molar-refractivity contribution >= 4 is 68.4 Å². The topological polar surface area (TPSA) is 201 Å². The summed E-state index contributed by atoms with van der Waals surface area (Å²) < 4.78 is 352. The Kier molecular flexibility index (Phi) is 16.1. The summed E-state index contributed by atoms with van der Waals surface area (Å²) in [7, 11) is -18.7. The lowest BCUT2D eigenvalue weighted by molar-refractivity contribution is -0.385. The van der Waals surface area contributed by atoms with Crippen molar-refractivity contribution in [3.63, 3.8) is 0 Å². The van der Waals surface area contributed by atoms with E-state index in [-0.39, 0.29) is 35.8 Å². The maximum Gasteiger partial charge on any atom is 0.425 e. The molecule has 5 aromatic rings. The largest absolute Gasteiger partial charge is 0.493 e. The Morgan fingerprint density at radius 1 is 0.472 bits per heavy atom. The number of ether oxygens (including phenoxy) is 3. The zero-order chi connectivity index (χ0) is 55.5. The van der Waals surface area contributed by atoms with Crippen LogP contribution in [0, 0.1) is 10.1 Å². The lowest BCUT2D eigenvalue weighted by Crippen LogP contribution is -2.45. The molecule has 0 heterocycles. The van der Waals surface area contributed by atoms with Gasteiger partial charge in [0.1, 0.15) is 27.0 Å². The molecule has 0 spiro atoms. The van der Waals surface area contributed by atoms with Gasteiger partial charge in [-0.25, -0.2) is 12.5 Å². The minimum atomic E-state index is -7.00. The third kappa shape index (κ3) is 12.1. The van der Waals surface area contributed by atoms with Crippen LogP contribution in [0.4, 0.5) is 84.7 Å². The molecule has 0 radical (unpaired) electrons. The Bertz CT molecular complexity index is 3060. The van der Waals surface area contributed by atoms with Gasteiger partial charge in [0.25, 0.3) is 54.4 Å². The Morgan fingerprint density at radius 3 is 1.07 bits per heavy atom. The fourth-order valence-electron chi connectivity index (χ4n) is 6.38. The highest BCUT2D eigenvalue weighted by molar-refractivity contribution is 7.88. The molecular weight excluding hydrogens is 1110 g/mol. The van der Waals surface area contributed by atoms with Crippen molar-refractivity contribution in [3.05, 3.63) is 64.2 Å². The molecule has 0 fully saturated rings. The summed E-state index contributed by atoms with van der Waals surface area (Å²) in [6, 6.07) is 1.79. The van der Waals surface area contributed by atoms with Crippen LogP contribution in [0.2, 0.25) is 0 Å². The highest BCUT2D eigenvalue weighted by Gasteiger charge is 2.63. The van der Waals surface area contributed by atoms with E-state index in [2.05, 4.69) is 12.5 Å². The molecule has 72 heavy (non-hydrogen) atoms. The van der Waals surface area contributed by atoms with E-state index in [9.17, 15) is 114 Å². The van der Waals surface area contributed by atoms with E-state index >= 15 is 0 Å². The van der Waals surface area contributed by atoms with Gasteiger partial charge in [-0.15, -0.1) is 0 Å². The van der Waals surface area contributed by atoms with E-state index in [4.69, 9.17) is 14.2 Å². The summed E-state index contributed by atoms with van der Waals surface area (Å²) in [6.45, 7) is 2.72. The molecule has 0 aliphatic rings. The number of benzene rings is 5. The van der Waals surface area contributed by atoms with Crippen LogP contribution >= 0.6 is 0 Å². The molecule has 402 valence electrons. The number of hydrogen-bond acceptors (Lipinski definition) is 14. The van der Waals surface area contributed by atoms with Crippen LogP contribution < -0.4 is 14.2 Å². The number of nitro benzene ring substituents is 1. The molecule has 0 bridgehead atoms. The highest BCUT2D eigenvalue weighted by Crippen LogP contribution is 2.49. The zero-order valence-electron chi connectivity index (χ0n) is 35.2. The predicted octanol–water partition coefficient (Wildman–Crippen LogP) is 10.7. The van der Waals surface area contributed by atoms with Crippen molar-refractivity contribution in [2.45, 2.75) is 90.5 Å². The number of rotatable bonds is 15. The molecule has 0 amide bonds. The van der Waals surface area contributed by atoms with Crippen molar-refractivity contribution in [1.82, 2.24) is 0 Å². The number of nitrogens with zero attached hydrogens (tertiary/aromatic N) is 1. The quantitative estimate of drug-likeness (QED) is 0.0315. The van der Waals surface area contributed by atoms with Crippen molar-refractivity contribution in [1.29, 1.82) is 0 Å². The number of halogens is 18. The second kappa shape index (κ2) is 19.7. The molecule has 0 aromatic heterocycles. The maximum absolute atomic E-state index is 13.7. The van der Waals surface area contributed by atoms with Crippen molar-refractivity contribution in [2.75, 3.05) is 14.2 Å². The van der Waals surface area contributed by atoms with Gasteiger partial charge in [0, 0.05) is 38.4 Å². The fraction of sp³-hybridized carbons (Fsp3) is 0.389. The van der Waals surface area contributed by atoms with Gasteiger partial charge in [0.2, 0.25) is 0 Å². The molecule has 5 aromatic carbocycles. The number of alkyl halides is 18. The zero-order valence-corrected chi connectivity index (χ0v) is 37.7. The number of methoxy groups -OCH3 is 2. The van der Waals surface area contributed by atoms with E-state index in [0.29, 0.717) is 12.1 Å². The third-order valence-corrected chi connectivity index (χ3v) is 13.1. The molecule has 0 aliphatic carbocycles. The first-order chi connectivity index (χ1) is 32.5. The summed E-state index contributed by atoms with van der Waals surface area (Å²) in [5.74, 6) is -1.92. The summed E-state index contributed by atoms with van der Waals surface area (Å²) in [5.41, 5.74) is -1.56. The smallest absolute Gasteiger partial charge is 0.425 e. The van der Waals surface area contributed by atoms with E-state index in [1.807, 2.05) is 13.8 Å². The summed E-state index contributed by atoms with van der Waals surface area (Å²) >= 11 is 0. The summed E-state index contributed by atoms with van der Waals surface area (Å²) in [6.07, 6.45) is -56.4. The molecule has 36 heteroatoms. The average molecular weight is 1130 g/mol. The molecule has 0 saturated carbocycles. The van der Waals surface area contributed by atoms with Gasteiger partial charge in [-0.2, -0.15) is 104 Å². The lowest BCUT2D eigenvalue weighted by atomic mass is 9.93. The Labute approximate surface area is 389 Å². The van der Waals surface area contributed by atoms with Crippen LogP contribution in [-0.4, -0.2) is 99.8 Å². The molecule has 0 unspecified atom stereocenters. The first kappa shape index (κ1) is 59.0. The van der Waals surface area contributed by atoms with Crippen LogP contribution in [0.15, 0.2) is 63.2 Å². The Balaban J connectivity index is 0.00000555. The normalized spacial score (nSPS) is 13.9. The first-order valence-electron chi connectivity index (χ1n) is 18.5. The molecule has 5 rings (SSSR count). The summed E-state index contributed by atoms with van der Waals surface area (Å²) in [5, 5.41) is 3.75. The number of nitro groups is 1. The highest BCUT2D eigenvalue weighted by atomic mass is 32.2. The monoisotopic (exact) mass is 1130 g/mol. The molecule has 0 N–H and O–H groups in total. The van der Waals surface area contributed by atoms with Crippen molar-refractivity contribution in [2.24, 2.45) is 0 Å². The van der Waals surface area contributed by atoms with Crippen LogP contribution in [0.5, 0.6) is 17.2 Å². The standard InChI is InChI=1S/C34H19F18NO14S3.C2H6/c1-62-19-7-12(17(53(54)55)8-20(19)63-2)11-64-18-9-21(68(56,57)65-26(29(35,36)37)30(38,39)40)14-5-6-16-23(70(60,61)67-28(33(47,48)49)34(50,51)52)10-22(15-4-3-13(18)24(14)25(15)16)69(58,59)66-27(31(41,42)43)32(44,45)46;1-2/h3-10,26-28H,11H2,1-2H3;1-2H3. The Morgan fingerprint density at radius 2 is 0.764 bits per heavy atom. The van der Waals surface area contributed by atoms with Gasteiger partial charge in [-0.05, 0) is 18.2 Å². The minimum Gasteiger partial charge on any atom is -0.493 e. The van der Waals surface area contributed by atoms with E-state index in [0.717, 1.165) is 20.3 Å². The first-order valence-corrected chi connectivity index (χ1v) is 22.7. The Hall–Kier alpha value is -5.59. The van der Waals surface area contributed by atoms with Gasteiger partial charge in [-0.3, -0.25) is 10.1 Å². The molecule has 0 saturated heterocycles. The van der Waals surface area contributed by atoms with Crippen LogP contribution in [-0.2, 0) is 49.5 Å². The second-order valence-electron chi connectivity index (χ2n) is 13.7. The van der Waals surface area contributed by atoms with E-state index in [1.165, 1.54) is 0 Å². The molecule has 0 atom stereocenters. The summed E-state index contributed by atoms with van der Waals surface area (Å²) in [4.78, 5) is 4.19. The van der Waals surface area contributed by atoms with Gasteiger partial charge < -0.3 is 14.2 Å². The predicted molar refractivity (Wildman–Crippen MR) is 205 cm³/mol. The van der Waals surface area contributed by atoms with E-state index in [1.54, 1.807) is 0 Å². The molecular formula is C36H25F18NO14S3. The molecule has 15 nitrogen and oxygen atoms in total. The van der Waals surface area contributed by atoms with Gasteiger partial charge in [-0.1, -0.05) is 32.0 Å². The number of hydrogen-bond donors (Lipinski definition) is 0. The van der Waals surface area contributed by atoms with Crippen LogP contribution in [0.3, 0.4) is 0 Å². The second-order valence-corrected chi connectivity index (χ2v) is 18.4. The van der Waals surface area contributed by atoms with Gasteiger partial charge in [0.15, 0.2) is 11.5 Å². The van der Waals surface area contributed by atoms with Crippen molar-refractivity contribution < 1.29 is 136 Å². The third-order valence-electron chi connectivity index (χ3n) is 9.17. The molecule has 0 aliphatic heterocycles. The minimum absolute atomic E-state index is 0.0313. The van der Waals surface area contributed by atoms with Crippen molar-refractivity contribution in [3.8, 4) is 17.2 Å². The lowest BCUT2D eigenvalue weighted by Gasteiger charge is -2.25. The van der Waals surface area contributed by atoms with Gasteiger partial charge in [0.05, 0.1) is 30.8 Å². The van der Waals surface area contributed by atoms with E-state index < -0.39 is 167 Å².